The molecule has 5 rings (SSSR count). The van der Waals surface area contributed by atoms with Gasteiger partial charge >= 0.3 is 0 Å². The number of aromatic hydroxyl groups is 1. The molecule has 3 N–H and O–H groups in total. The molecule has 1 aliphatic rings. The van der Waals surface area contributed by atoms with Gasteiger partial charge in [-0.3, -0.25) is 10.00 Å². The van der Waals surface area contributed by atoms with Crippen LogP contribution in [-0.4, -0.2) is 56.5 Å². The molecule has 3 heterocycles. The van der Waals surface area contributed by atoms with Crippen molar-refractivity contribution in [3.63, 3.8) is 0 Å². The van der Waals surface area contributed by atoms with Crippen molar-refractivity contribution in [3.05, 3.63) is 53.6 Å². The molecule has 31 heavy (non-hydrogen) atoms. The summed E-state index contributed by atoms with van der Waals surface area (Å²) in [4.78, 5) is 10.3. The van der Waals surface area contributed by atoms with Crippen LogP contribution >= 0.6 is 0 Å². The van der Waals surface area contributed by atoms with Crippen LogP contribution in [0.4, 0.5) is 4.39 Å². The van der Waals surface area contributed by atoms with Crippen LogP contribution in [0.25, 0.3) is 33.5 Å². The second-order valence-corrected chi connectivity index (χ2v) is 7.78. The fraction of sp³-hybridized carbons (Fsp3) is 0.304. The van der Waals surface area contributed by atoms with E-state index in [0.29, 0.717) is 12.2 Å². The summed E-state index contributed by atoms with van der Waals surface area (Å²) in [5, 5.41) is 18.2. The number of phenolic OH excluding ortho intramolecular Hbond substituents is 1. The SMILES string of the molecule is CCc1cc(O)c(F)cc1-c1ccc2c(-c3nc(CN4CCOCC4)c[nH]3)n[nH]c2c1. The number of phenols is 1. The Kier molecular flexibility index (Phi) is 5.17. The van der Waals surface area contributed by atoms with Crippen LogP contribution in [0, 0.1) is 5.82 Å². The molecule has 0 spiro atoms. The number of aromatic nitrogens is 4. The summed E-state index contributed by atoms with van der Waals surface area (Å²) >= 11 is 0. The second-order valence-electron chi connectivity index (χ2n) is 7.78. The third kappa shape index (κ3) is 3.80. The summed E-state index contributed by atoms with van der Waals surface area (Å²) in [6.45, 7) is 6.09. The number of fused-ring (bicyclic) bond motifs is 1. The molecule has 160 valence electrons. The molecule has 0 atom stereocenters. The van der Waals surface area contributed by atoms with Gasteiger partial charge < -0.3 is 14.8 Å². The van der Waals surface area contributed by atoms with Crippen molar-refractivity contribution in [1.29, 1.82) is 0 Å². The van der Waals surface area contributed by atoms with Crippen LogP contribution in [0.15, 0.2) is 36.5 Å². The predicted octanol–water partition coefficient (Wildman–Crippen LogP) is 3.86. The van der Waals surface area contributed by atoms with E-state index in [2.05, 4.69) is 20.1 Å². The van der Waals surface area contributed by atoms with Gasteiger partial charge in [0, 0.05) is 31.2 Å². The summed E-state index contributed by atoms with van der Waals surface area (Å²) in [5.74, 6) is -0.232. The molecule has 0 bridgehead atoms. The van der Waals surface area contributed by atoms with Crippen LogP contribution in [0.3, 0.4) is 0 Å². The maximum absolute atomic E-state index is 14.0. The third-order valence-corrected chi connectivity index (χ3v) is 5.77. The number of nitrogens with one attached hydrogen (secondary N) is 2. The Morgan fingerprint density at radius 2 is 2.03 bits per heavy atom. The summed E-state index contributed by atoms with van der Waals surface area (Å²) in [7, 11) is 0. The lowest BCUT2D eigenvalue weighted by Gasteiger charge is -2.25. The molecule has 1 fully saturated rings. The number of H-pyrrole nitrogens is 2. The first-order valence-electron chi connectivity index (χ1n) is 10.5. The first-order chi connectivity index (χ1) is 15.1. The number of aryl methyl sites for hydroxylation is 1. The van der Waals surface area contributed by atoms with Crippen molar-refractivity contribution in [2.45, 2.75) is 19.9 Å². The summed E-state index contributed by atoms with van der Waals surface area (Å²) < 4.78 is 19.4. The Labute approximate surface area is 178 Å². The van der Waals surface area contributed by atoms with Crippen molar-refractivity contribution < 1.29 is 14.2 Å². The Morgan fingerprint density at radius 1 is 1.19 bits per heavy atom. The maximum Gasteiger partial charge on any atom is 0.165 e. The minimum atomic E-state index is -0.624. The lowest BCUT2D eigenvalue weighted by Crippen LogP contribution is -2.35. The number of nitrogens with zero attached hydrogens (tertiary/aromatic N) is 3. The van der Waals surface area contributed by atoms with Gasteiger partial charge in [0.05, 0.1) is 24.4 Å². The van der Waals surface area contributed by atoms with E-state index in [-0.39, 0.29) is 5.75 Å². The van der Waals surface area contributed by atoms with E-state index in [1.165, 1.54) is 12.1 Å². The zero-order valence-corrected chi connectivity index (χ0v) is 17.3. The second kappa shape index (κ2) is 8.13. The quantitative estimate of drug-likeness (QED) is 0.455. The molecular formula is C23H24FN5O2. The zero-order chi connectivity index (χ0) is 21.4. The molecule has 8 heteroatoms. The van der Waals surface area contributed by atoms with Gasteiger partial charge in [0.15, 0.2) is 17.4 Å². The predicted molar refractivity (Wildman–Crippen MR) is 116 cm³/mol. The van der Waals surface area contributed by atoms with Gasteiger partial charge in [-0.25, -0.2) is 9.37 Å². The largest absolute Gasteiger partial charge is 0.505 e. The summed E-state index contributed by atoms with van der Waals surface area (Å²) in [6.07, 6.45) is 2.61. The zero-order valence-electron chi connectivity index (χ0n) is 17.3. The molecule has 0 amide bonds. The van der Waals surface area contributed by atoms with E-state index in [1.54, 1.807) is 0 Å². The molecule has 0 aliphatic carbocycles. The highest BCUT2D eigenvalue weighted by Gasteiger charge is 2.17. The first kappa shape index (κ1) is 19.7. The van der Waals surface area contributed by atoms with E-state index < -0.39 is 5.82 Å². The number of halogens is 1. The highest BCUT2D eigenvalue weighted by molar-refractivity contribution is 5.94. The molecule has 2 aromatic heterocycles. The van der Waals surface area contributed by atoms with Gasteiger partial charge in [-0.15, -0.1) is 0 Å². The fourth-order valence-electron chi connectivity index (χ4n) is 4.08. The fourth-order valence-corrected chi connectivity index (χ4v) is 4.08. The maximum atomic E-state index is 14.0. The van der Waals surface area contributed by atoms with E-state index in [0.717, 1.165) is 71.8 Å². The number of ether oxygens (including phenoxy) is 1. The highest BCUT2D eigenvalue weighted by Crippen LogP contribution is 2.33. The van der Waals surface area contributed by atoms with E-state index in [4.69, 9.17) is 9.72 Å². The minimum absolute atomic E-state index is 0.323. The number of rotatable bonds is 5. The molecule has 1 saturated heterocycles. The van der Waals surface area contributed by atoms with Crippen molar-refractivity contribution in [2.24, 2.45) is 0 Å². The third-order valence-electron chi connectivity index (χ3n) is 5.77. The Balaban J connectivity index is 1.45. The van der Waals surface area contributed by atoms with E-state index in [1.807, 2.05) is 31.3 Å². The van der Waals surface area contributed by atoms with Gasteiger partial charge in [0.1, 0.15) is 5.69 Å². The van der Waals surface area contributed by atoms with Crippen LogP contribution < -0.4 is 0 Å². The molecule has 2 aromatic carbocycles. The molecule has 0 unspecified atom stereocenters. The monoisotopic (exact) mass is 421 g/mol. The standard InChI is InChI=1S/C23H24FN5O2/c1-2-14-10-21(30)19(24)11-18(14)15-3-4-17-20(9-15)27-28-22(17)23-25-12-16(26-23)13-29-5-7-31-8-6-29/h3-4,9-12,30H,2,5-8,13H2,1H3,(H,25,26)(H,27,28). The summed E-state index contributed by atoms with van der Waals surface area (Å²) in [6, 6.07) is 8.75. The van der Waals surface area contributed by atoms with Crippen molar-refractivity contribution in [3.8, 4) is 28.4 Å². The Bertz CT molecular complexity index is 1230. The average molecular weight is 421 g/mol. The molecule has 0 saturated carbocycles. The number of hydrogen-bond acceptors (Lipinski definition) is 5. The van der Waals surface area contributed by atoms with Crippen molar-refractivity contribution in [1.82, 2.24) is 25.1 Å². The first-order valence-corrected chi connectivity index (χ1v) is 10.5. The lowest BCUT2D eigenvalue weighted by atomic mass is 9.96. The van der Waals surface area contributed by atoms with Gasteiger partial charge in [-0.1, -0.05) is 13.0 Å². The van der Waals surface area contributed by atoms with Gasteiger partial charge in [-0.2, -0.15) is 5.10 Å². The number of morpholine rings is 1. The highest BCUT2D eigenvalue weighted by atomic mass is 19.1. The average Bonchev–Trinajstić information content (AvgIpc) is 3.42. The van der Waals surface area contributed by atoms with Gasteiger partial charge in [-0.05, 0) is 47.4 Å². The molecule has 4 aromatic rings. The number of hydrogen-bond donors (Lipinski definition) is 3. The van der Waals surface area contributed by atoms with Crippen molar-refractivity contribution in [2.75, 3.05) is 26.3 Å². The molecule has 1 aliphatic heterocycles. The number of imidazole rings is 1. The Morgan fingerprint density at radius 3 is 2.84 bits per heavy atom. The van der Waals surface area contributed by atoms with E-state index >= 15 is 0 Å². The normalized spacial score (nSPS) is 15.0. The van der Waals surface area contributed by atoms with Gasteiger partial charge in [0.2, 0.25) is 0 Å². The van der Waals surface area contributed by atoms with Gasteiger partial charge in [0.25, 0.3) is 0 Å². The number of benzene rings is 2. The van der Waals surface area contributed by atoms with Crippen LogP contribution in [-0.2, 0) is 17.7 Å². The van der Waals surface area contributed by atoms with Crippen molar-refractivity contribution >= 4 is 10.9 Å². The topological polar surface area (TPSA) is 90.1 Å². The molecule has 7 nitrogen and oxygen atoms in total. The Hall–Kier alpha value is -3.23. The van der Waals surface area contributed by atoms with Crippen LogP contribution in [0.2, 0.25) is 0 Å². The summed E-state index contributed by atoms with van der Waals surface area (Å²) in [5.41, 5.74) is 5.08. The minimum Gasteiger partial charge on any atom is -0.505 e. The number of aromatic amines is 2. The van der Waals surface area contributed by atoms with Crippen LogP contribution in [0.1, 0.15) is 18.2 Å². The van der Waals surface area contributed by atoms with E-state index in [9.17, 15) is 9.50 Å². The lowest BCUT2D eigenvalue weighted by molar-refractivity contribution is 0.0337. The molecular weight excluding hydrogens is 397 g/mol. The smallest absolute Gasteiger partial charge is 0.165 e. The van der Waals surface area contributed by atoms with Crippen LogP contribution in [0.5, 0.6) is 5.75 Å². The molecule has 0 radical (unpaired) electrons.